The Morgan fingerprint density at radius 2 is 1.51 bits per heavy atom. The monoisotopic (exact) mass is 652 g/mol. The van der Waals surface area contributed by atoms with E-state index in [4.69, 9.17) is 39.9 Å². The van der Waals surface area contributed by atoms with Crippen molar-refractivity contribution in [1.82, 2.24) is 9.88 Å². The maximum atomic E-state index is 16.1. The predicted molar refractivity (Wildman–Crippen MR) is 163 cm³/mol. The molecule has 0 spiro atoms. The van der Waals surface area contributed by atoms with Crippen LogP contribution in [-0.4, -0.2) is 66.1 Å². The molecule has 13 nitrogen and oxygen atoms in total. The number of amidine groups is 1. The number of ether oxygens (including phenoxy) is 5. The van der Waals surface area contributed by atoms with E-state index in [1.807, 2.05) is 0 Å². The van der Waals surface area contributed by atoms with Crippen molar-refractivity contribution in [1.29, 1.82) is 5.41 Å². The Bertz CT molecular complexity index is 1820. The van der Waals surface area contributed by atoms with Crippen LogP contribution in [0.15, 0.2) is 54.6 Å². The summed E-state index contributed by atoms with van der Waals surface area (Å²) in [4.78, 5) is 28.8. The Hall–Kier alpha value is -6.12. The molecule has 0 bridgehead atoms. The molecule has 0 unspecified atom stereocenters. The Balaban J connectivity index is 1.87. The fraction of sp³-hybridized carbons (Fsp3) is 0.188. The van der Waals surface area contributed by atoms with Crippen LogP contribution in [0, 0.1) is 17.0 Å². The number of methoxy groups -OCH3 is 2. The van der Waals surface area contributed by atoms with Gasteiger partial charge in [-0.05, 0) is 60.5 Å². The number of aryl methyl sites for hydroxylation is 1. The Morgan fingerprint density at radius 1 is 0.872 bits per heavy atom. The van der Waals surface area contributed by atoms with Crippen molar-refractivity contribution in [3.8, 4) is 52.0 Å². The standard InChI is InChI=1S/C32H30F2N4O9/c1-38(2)32(42)18-6-5-7-19(14-18)45-30-25(33)28(26(34)31(37-30)46-21-15-17(29(35)36)9-10-20(21)39)47-27-22(43-3)12-16(8-11-24(40)41)13-23(27)44-4/h5-7,9-10,12-15,39H,8,11H2,1-4H3,(H3,35,36)(H,40,41). The van der Waals surface area contributed by atoms with Gasteiger partial charge in [-0.15, -0.1) is 0 Å². The van der Waals surface area contributed by atoms with Gasteiger partial charge in [-0.25, -0.2) is 0 Å². The zero-order valence-corrected chi connectivity index (χ0v) is 25.6. The van der Waals surface area contributed by atoms with Gasteiger partial charge in [-0.3, -0.25) is 15.0 Å². The van der Waals surface area contributed by atoms with Crippen LogP contribution in [0.5, 0.6) is 52.0 Å². The van der Waals surface area contributed by atoms with Gasteiger partial charge in [0, 0.05) is 31.6 Å². The van der Waals surface area contributed by atoms with E-state index in [-0.39, 0.29) is 64.5 Å². The lowest BCUT2D eigenvalue weighted by Crippen LogP contribution is -2.21. The third-order valence-electron chi connectivity index (χ3n) is 6.51. The molecular weight excluding hydrogens is 622 g/mol. The normalized spacial score (nSPS) is 10.6. The summed E-state index contributed by atoms with van der Waals surface area (Å²) in [6, 6.07) is 12.2. The van der Waals surface area contributed by atoms with Crippen LogP contribution in [0.2, 0.25) is 0 Å². The summed E-state index contributed by atoms with van der Waals surface area (Å²) in [5.74, 6) is -8.84. The number of carboxylic acids is 1. The van der Waals surface area contributed by atoms with Crippen LogP contribution >= 0.6 is 0 Å². The number of carboxylic acid groups (broad SMARTS) is 1. The highest BCUT2D eigenvalue weighted by molar-refractivity contribution is 5.95. The molecule has 0 saturated heterocycles. The zero-order chi connectivity index (χ0) is 34.4. The number of hydrogen-bond donors (Lipinski definition) is 4. The molecule has 3 aromatic carbocycles. The molecule has 0 aliphatic rings. The van der Waals surface area contributed by atoms with Gasteiger partial charge in [0.1, 0.15) is 11.6 Å². The number of nitrogens with one attached hydrogen (secondary N) is 1. The second kappa shape index (κ2) is 14.3. The Labute approximate surface area is 267 Å². The van der Waals surface area contributed by atoms with E-state index in [0.29, 0.717) is 5.56 Å². The first kappa shape index (κ1) is 33.8. The predicted octanol–water partition coefficient (Wildman–Crippen LogP) is 5.46. The number of aliphatic carboxylic acids is 1. The quantitative estimate of drug-likeness (QED) is 0.106. The molecule has 1 aromatic heterocycles. The maximum Gasteiger partial charge on any atom is 0.303 e. The lowest BCUT2D eigenvalue weighted by atomic mass is 10.1. The number of nitrogen functional groups attached to an aromatic ring is 1. The van der Waals surface area contributed by atoms with Crippen molar-refractivity contribution in [2.75, 3.05) is 28.3 Å². The summed E-state index contributed by atoms with van der Waals surface area (Å²) in [6.45, 7) is 0. The fourth-order valence-corrected chi connectivity index (χ4v) is 4.17. The number of halogens is 2. The van der Waals surface area contributed by atoms with Gasteiger partial charge in [0.25, 0.3) is 17.7 Å². The molecular formula is C32H30F2N4O9. The molecule has 0 aliphatic carbocycles. The highest BCUT2D eigenvalue weighted by Crippen LogP contribution is 2.46. The minimum atomic E-state index is -1.47. The second-order valence-electron chi connectivity index (χ2n) is 10.0. The van der Waals surface area contributed by atoms with Crippen molar-refractivity contribution >= 4 is 17.7 Å². The molecule has 4 rings (SSSR count). The first-order valence-corrected chi connectivity index (χ1v) is 13.7. The van der Waals surface area contributed by atoms with Crippen LogP contribution in [-0.2, 0) is 11.2 Å². The van der Waals surface area contributed by atoms with Gasteiger partial charge in [0.05, 0.1) is 14.2 Å². The Morgan fingerprint density at radius 3 is 2.09 bits per heavy atom. The van der Waals surface area contributed by atoms with Gasteiger partial charge < -0.3 is 44.5 Å². The van der Waals surface area contributed by atoms with E-state index in [2.05, 4.69) is 4.98 Å². The van der Waals surface area contributed by atoms with E-state index in [1.165, 1.54) is 61.6 Å². The van der Waals surface area contributed by atoms with Crippen LogP contribution in [0.1, 0.15) is 27.9 Å². The van der Waals surface area contributed by atoms with Crippen molar-refractivity contribution in [3.05, 3.63) is 82.9 Å². The number of hydrogen-bond acceptors (Lipinski definition) is 10. The summed E-state index contributed by atoms with van der Waals surface area (Å²) >= 11 is 0. The Kier molecular flexibility index (Phi) is 10.3. The van der Waals surface area contributed by atoms with Gasteiger partial charge in [-0.1, -0.05) is 6.07 Å². The molecule has 246 valence electrons. The average molecular weight is 653 g/mol. The molecule has 47 heavy (non-hydrogen) atoms. The number of carbonyl (C=O) groups excluding carboxylic acids is 1. The number of aromatic hydroxyl groups is 1. The number of pyridine rings is 1. The number of nitrogens with zero attached hydrogens (tertiary/aromatic N) is 2. The van der Waals surface area contributed by atoms with Crippen molar-refractivity contribution < 1.29 is 52.3 Å². The molecule has 0 fully saturated rings. The van der Waals surface area contributed by atoms with E-state index < -0.39 is 40.9 Å². The minimum Gasteiger partial charge on any atom is -0.504 e. The molecule has 0 radical (unpaired) electrons. The summed E-state index contributed by atoms with van der Waals surface area (Å²) in [6.07, 6.45) is -0.116. The van der Waals surface area contributed by atoms with Crippen LogP contribution < -0.4 is 29.4 Å². The number of nitrogens with two attached hydrogens (primary N) is 1. The van der Waals surface area contributed by atoms with Gasteiger partial charge >= 0.3 is 5.97 Å². The summed E-state index contributed by atoms with van der Waals surface area (Å²) < 4.78 is 59.8. The molecule has 15 heteroatoms. The SMILES string of the molecule is COc1cc(CCC(=O)O)cc(OC)c1Oc1c(F)c(Oc2cccc(C(=O)N(C)C)c2)nc(Oc2cc(C(=N)N)ccc2O)c1F. The molecule has 1 amide bonds. The number of benzene rings is 3. The molecule has 0 atom stereocenters. The molecule has 1 heterocycles. The zero-order valence-electron chi connectivity index (χ0n) is 25.6. The molecule has 0 saturated carbocycles. The number of phenols is 1. The molecule has 4 aromatic rings. The van der Waals surface area contributed by atoms with Crippen molar-refractivity contribution in [3.63, 3.8) is 0 Å². The molecule has 0 aliphatic heterocycles. The van der Waals surface area contributed by atoms with Gasteiger partial charge in [0.15, 0.2) is 23.0 Å². The van der Waals surface area contributed by atoms with E-state index in [0.717, 1.165) is 12.1 Å². The lowest BCUT2D eigenvalue weighted by Gasteiger charge is -2.18. The van der Waals surface area contributed by atoms with E-state index >= 15 is 8.78 Å². The number of rotatable bonds is 13. The highest BCUT2D eigenvalue weighted by atomic mass is 19.1. The maximum absolute atomic E-state index is 16.1. The molecule has 5 N–H and O–H groups in total. The summed E-state index contributed by atoms with van der Waals surface area (Å²) in [5, 5.41) is 27.1. The van der Waals surface area contributed by atoms with Crippen molar-refractivity contribution in [2.24, 2.45) is 5.73 Å². The van der Waals surface area contributed by atoms with E-state index in [9.17, 15) is 14.7 Å². The lowest BCUT2D eigenvalue weighted by molar-refractivity contribution is -0.136. The topological polar surface area (TPSA) is 187 Å². The first-order chi connectivity index (χ1) is 22.3. The smallest absolute Gasteiger partial charge is 0.303 e. The van der Waals surface area contributed by atoms with Gasteiger partial charge in [0.2, 0.25) is 23.1 Å². The number of amides is 1. The highest BCUT2D eigenvalue weighted by Gasteiger charge is 2.29. The van der Waals surface area contributed by atoms with Crippen LogP contribution in [0.25, 0.3) is 0 Å². The summed E-state index contributed by atoms with van der Waals surface area (Å²) in [5.41, 5.74) is 6.33. The largest absolute Gasteiger partial charge is 0.504 e. The number of carbonyl (C=O) groups is 2. The van der Waals surface area contributed by atoms with Crippen molar-refractivity contribution in [2.45, 2.75) is 12.8 Å². The average Bonchev–Trinajstić information content (AvgIpc) is 3.04. The third kappa shape index (κ3) is 7.76. The summed E-state index contributed by atoms with van der Waals surface area (Å²) in [7, 11) is 5.61. The first-order valence-electron chi connectivity index (χ1n) is 13.7. The number of phenolic OH excluding ortho intramolecular Hbond substituents is 1. The van der Waals surface area contributed by atoms with Gasteiger partial charge in [-0.2, -0.15) is 13.8 Å². The minimum absolute atomic E-state index is 0.0491. The fourth-order valence-electron chi connectivity index (χ4n) is 4.17. The number of aromatic nitrogens is 1. The third-order valence-corrected chi connectivity index (χ3v) is 6.51. The second-order valence-corrected chi connectivity index (χ2v) is 10.0. The van der Waals surface area contributed by atoms with E-state index in [1.54, 1.807) is 14.1 Å². The van der Waals surface area contributed by atoms with Crippen LogP contribution in [0.3, 0.4) is 0 Å². The van der Waals surface area contributed by atoms with Crippen LogP contribution in [0.4, 0.5) is 8.78 Å².